The van der Waals surface area contributed by atoms with Gasteiger partial charge in [-0.15, -0.1) is 10.2 Å². The number of hydrogen-bond acceptors (Lipinski definition) is 5. The molecule has 6 nitrogen and oxygen atoms in total. The van der Waals surface area contributed by atoms with Crippen LogP contribution in [0.5, 0.6) is 0 Å². The molecule has 3 aromatic heterocycles. The molecule has 1 saturated heterocycles. The molecule has 0 aliphatic carbocycles. The van der Waals surface area contributed by atoms with Gasteiger partial charge in [0.15, 0.2) is 11.6 Å². The summed E-state index contributed by atoms with van der Waals surface area (Å²) in [5.74, 6) is 1.71. The molecule has 26 heavy (non-hydrogen) atoms. The van der Waals surface area contributed by atoms with Gasteiger partial charge in [-0.3, -0.25) is 4.98 Å². The number of anilines is 1. The first-order valence-corrected chi connectivity index (χ1v) is 8.87. The topological polar surface area (TPSA) is 59.7 Å². The Balaban J connectivity index is 1.62. The maximum Gasteiger partial charge on any atom is 0.183 e. The summed E-state index contributed by atoms with van der Waals surface area (Å²) in [7, 11) is 0. The van der Waals surface area contributed by atoms with Crippen LogP contribution in [0.2, 0.25) is 0 Å². The molecule has 0 radical (unpaired) electrons. The standard InChI is InChI=1S/C20H18N6/c1-2-8-17-16(7-1)19(25-11-5-6-12-25)23-24-20(17)26-14-15(13-22-26)18-9-3-4-10-21-18/h1-4,7-10,13-14H,5-6,11-12H2. The van der Waals surface area contributed by atoms with Crippen molar-refractivity contribution in [1.82, 2.24) is 25.0 Å². The molecule has 1 aromatic carbocycles. The Morgan fingerprint density at radius 3 is 2.31 bits per heavy atom. The number of aromatic nitrogens is 5. The zero-order valence-corrected chi connectivity index (χ0v) is 14.3. The second-order valence-corrected chi connectivity index (χ2v) is 6.48. The van der Waals surface area contributed by atoms with Crippen LogP contribution in [-0.2, 0) is 0 Å². The minimum atomic E-state index is 0.741. The SMILES string of the molecule is c1ccc(-c2cnn(-c3nnc(N4CCCC4)c4ccccc34)c2)nc1. The summed E-state index contributed by atoms with van der Waals surface area (Å²) >= 11 is 0. The highest BCUT2D eigenvalue weighted by atomic mass is 15.4. The van der Waals surface area contributed by atoms with Crippen LogP contribution in [-0.4, -0.2) is 38.1 Å². The van der Waals surface area contributed by atoms with E-state index in [-0.39, 0.29) is 0 Å². The molecule has 4 heterocycles. The first-order valence-electron chi connectivity index (χ1n) is 8.87. The van der Waals surface area contributed by atoms with Crippen LogP contribution in [0.15, 0.2) is 61.1 Å². The third-order valence-corrected chi connectivity index (χ3v) is 4.81. The van der Waals surface area contributed by atoms with Gasteiger partial charge in [0.05, 0.1) is 11.9 Å². The summed E-state index contributed by atoms with van der Waals surface area (Å²) in [5.41, 5.74) is 1.85. The van der Waals surface area contributed by atoms with E-state index in [2.05, 4.69) is 43.4 Å². The third kappa shape index (κ3) is 2.50. The van der Waals surface area contributed by atoms with Crippen LogP contribution in [0.25, 0.3) is 27.8 Å². The van der Waals surface area contributed by atoms with E-state index >= 15 is 0 Å². The van der Waals surface area contributed by atoms with E-state index in [9.17, 15) is 0 Å². The Morgan fingerprint density at radius 2 is 1.54 bits per heavy atom. The van der Waals surface area contributed by atoms with Gasteiger partial charge in [0, 0.05) is 41.8 Å². The molecule has 0 N–H and O–H groups in total. The Morgan fingerprint density at radius 1 is 0.808 bits per heavy atom. The van der Waals surface area contributed by atoms with Gasteiger partial charge in [-0.2, -0.15) is 5.10 Å². The van der Waals surface area contributed by atoms with Crippen molar-refractivity contribution in [2.24, 2.45) is 0 Å². The minimum Gasteiger partial charge on any atom is -0.355 e. The fourth-order valence-electron chi connectivity index (χ4n) is 3.51. The van der Waals surface area contributed by atoms with Crippen molar-refractivity contribution in [3.05, 3.63) is 61.1 Å². The lowest BCUT2D eigenvalue weighted by molar-refractivity contribution is 0.814. The Labute approximate surface area is 151 Å². The zero-order valence-electron chi connectivity index (χ0n) is 14.3. The van der Waals surface area contributed by atoms with Gasteiger partial charge in [0.2, 0.25) is 0 Å². The van der Waals surface area contributed by atoms with Crippen molar-refractivity contribution >= 4 is 16.6 Å². The monoisotopic (exact) mass is 342 g/mol. The Kier molecular flexibility index (Phi) is 3.59. The fourth-order valence-corrected chi connectivity index (χ4v) is 3.51. The lowest BCUT2D eigenvalue weighted by atomic mass is 10.1. The molecule has 0 atom stereocenters. The second-order valence-electron chi connectivity index (χ2n) is 6.48. The molecular weight excluding hydrogens is 324 g/mol. The summed E-state index contributed by atoms with van der Waals surface area (Å²) in [4.78, 5) is 6.71. The van der Waals surface area contributed by atoms with Gasteiger partial charge in [0.25, 0.3) is 0 Å². The molecule has 1 aliphatic rings. The molecule has 6 heteroatoms. The van der Waals surface area contributed by atoms with Crippen LogP contribution in [0.4, 0.5) is 5.82 Å². The average Bonchev–Trinajstić information content (AvgIpc) is 3.40. The molecule has 0 bridgehead atoms. The van der Waals surface area contributed by atoms with Crippen molar-refractivity contribution in [2.75, 3.05) is 18.0 Å². The normalized spacial score (nSPS) is 14.2. The number of benzene rings is 1. The number of pyridine rings is 1. The van der Waals surface area contributed by atoms with Crippen molar-refractivity contribution in [3.8, 4) is 17.1 Å². The fraction of sp³-hybridized carbons (Fsp3) is 0.200. The molecule has 4 aromatic rings. The van der Waals surface area contributed by atoms with Crippen LogP contribution >= 0.6 is 0 Å². The molecule has 128 valence electrons. The van der Waals surface area contributed by atoms with E-state index < -0.39 is 0 Å². The predicted molar refractivity (Wildman–Crippen MR) is 101 cm³/mol. The van der Waals surface area contributed by atoms with Gasteiger partial charge in [-0.05, 0) is 25.0 Å². The lowest BCUT2D eigenvalue weighted by Crippen LogP contribution is -2.20. The summed E-state index contributed by atoms with van der Waals surface area (Å²) in [6, 6.07) is 14.1. The quantitative estimate of drug-likeness (QED) is 0.570. The third-order valence-electron chi connectivity index (χ3n) is 4.81. The van der Waals surface area contributed by atoms with Crippen LogP contribution < -0.4 is 4.90 Å². The van der Waals surface area contributed by atoms with Crippen molar-refractivity contribution < 1.29 is 0 Å². The molecular formula is C20H18N6. The van der Waals surface area contributed by atoms with E-state index in [0.717, 1.165) is 46.8 Å². The Bertz CT molecular complexity index is 1050. The smallest absolute Gasteiger partial charge is 0.183 e. The van der Waals surface area contributed by atoms with Gasteiger partial charge >= 0.3 is 0 Å². The van der Waals surface area contributed by atoms with Crippen LogP contribution in [0.1, 0.15) is 12.8 Å². The highest BCUT2D eigenvalue weighted by molar-refractivity contribution is 5.96. The van der Waals surface area contributed by atoms with E-state index in [1.165, 1.54) is 12.8 Å². The summed E-state index contributed by atoms with van der Waals surface area (Å²) in [6.07, 6.45) is 7.98. The maximum absolute atomic E-state index is 4.55. The predicted octanol–water partition coefficient (Wildman–Crippen LogP) is 3.48. The van der Waals surface area contributed by atoms with Gasteiger partial charge in [-0.25, -0.2) is 4.68 Å². The van der Waals surface area contributed by atoms with Gasteiger partial charge < -0.3 is 4.90 Å². The maximum atomic E-state index is 4.55. The first kappa shape index (κ1) is 15.0. The van der Waals surface area contributed by atoms with Gasteiger partial charge in [0.1, 0.15) is 0 Å². The van der Waals surface area contributed by atoms with Gasteiger partial charge in [-0.1, -0.05) is 30.3 Å². The summed E-state index contributed by atoms with van der Waals surface area (Å²) < 4.78 is 1.78. The molecule has 0 spiro atoms. The molecule has 0 amide bonds. The number of rotatable bonds is 3. The molecule has 1 aliphatic heterocycles. The number of fused-ring (bicyclic) bond motifs is 1. The van der Waals surface area contributed by atoms with Crippen LogP contribution in [0, 0.1) is 0 Å². The van der Waals surface area contributed by atoms with E-state index in [4.69, 9.17) is 0 Å². The zero-order chi connectivity index (χ0) is 17.3. The number of hydrogen-bond donors (Lipinski definition) is 0. The average molecular weight is 342 g/mol. The number of nitrogens with zero attached hydrogens (tertiary/aromatic N) is 6. The highest BCUT2D eigenvalue weighted by Gasteiger charge is 2.19. The Hall–Kier alpha value is -3.28. The molecule has 0 unspecified atom stereocenters. The van der Waals surface area contributed by atoms with Crippen LogP contribution in [0.3, 0.4) is 0 Å². The molecule has 1 fully saturated rings. The van der Waals surface area contributed by atoms with E-state index in [1.54, 1.807) is 10.9 Å². The first-order chi connectivity index (χ1) is 12.9. The van der Waals surface area contributed by atoms with Crippen molar-refractivity contribution in [2.45, 2.75) is 12.8 Å². The van der Waals surface area contributed by atoms with Crippen molar-refractivity contribution in [1.29, 1.82) is 0 Å². The van der Waals surface area contributed by atoms with E-state index in [0.29, 0.717) is 0 Å². The van der Waals surface area contributed by atoms with E-state index in [1.807, 2.05) is 36.7 Å². The molecule has 5 rings (SSSR count). The highest BCUT2D eigenvalue weighted by Crippen LogP contribution is 2.30. The van der Waals surface area contributed by atoms with Crippen molar-refractivity contribution in [3.63, 3.8) is 0 Å². The summed E-state index contributed by atoms with van der Waals surface area (Å²) in [5, 5.41) is 15.7. The second kappa shape index (κ2) is 6.22. The lowest BCUT2D eigenvalue weighted by Gasteiger charge is -2.18. The molecule has 0 saturated carbocycles. The summed E-state index contributed by atoms with van der Waals surface area (Å²) in [6.45, 7) is 2.09. The minimum absolute atomic E-state index is 0.741. The largest absolute Gasteiger partial charge is 0.355 e.